The maximum Gasteiger partial charge on any atom is 0.123 e. The first-order valence-electron chi connectivity index (χ1n) is 15.9. The van der Waals surface area contributed by atoms with Crippen LogP contribution in [0.2, 0.25) is 0 Å². The van der Waals surface area contributed by atoms with Crippen molar-refractivity contribution in [3.63, 3.8) is 0 Å². The molecule has 0 radical (unpaired) electrons. The van der Waals surface area contributed by atoms with E-state index in [1.165, 1.54) is 6.07 Å². The molecule has 2 aromatic carbocycles. The zero-order valence-corrected chi connectivity index (χ0v) is 28.4. The van der Waals surface area contributed by atoms with E-state index in [1.807, 2.05) is 18.2 Å². The smallest absolute Gasteiger partial charge is 0.123 e. The van der Waals surface area contributed by atoms with E-state index in [2.05, 4.69) is 57.6 Å². The van der Waals surface area contributed by atoms with Crippen molar-refractivity contribution in [3.8, 4) is 11.8 Å². The van der Waals surface area contributed by atoms with E-state index in [0.29, 0.717) is 30.5 Å². The van der Waals surface area contributed by atoms with Gasteiger partial charge in [0.15, 0.2) is 0 Å². The summed E-state index contributed by atoms with van der Waals surface area (Å²) in [6.45, 7) is 6.30. The van der Waals surface area contributed by atoms with E-state index in [4.69, 9.17) is 25.8 Å². The molecule has 3 aliphatic heterocycles. The number of hydrogen-bond acceptors (Lipinski definition) is 6. The first kappa shape index (κ1) is 34.2. The second kappa shape index (κ2) is 16.6. The topological polar surface area (TPSA) is 54.7 Å². The van der Waals surface area contributed by atoms with Crippen LogP contribution in [0.3, 0.4) is 0 Å². The van der Waals surface area contributed by atoms with Crippen molar-refractivity contribution in [2.24, 2.45) is 5.92 Å². The molecule has 2 unspecified atom stereocenters. The molecule has 240 valence electrons. The zero-order valence-electron chi connectivity index (χ0n) is 25.6. The number of likely N-dealkylation sites (tertiary alicyclic amines) is 1. The molecule has 0 spiro atoms. The Kier molecular flexibility index (Phi) is 12.6. The summed E-state index contributed by atoms with van der Waals surface area (Å²) in [5.74, 6) is 0.646. The van der Waals surface area contributed by atoms with Gasteiger partial charge in [-0.3, -0.25) is 4.90 Å². The van der Waals surface area contributed by atoms with Crippen LogP contribution in [0.1, 0.15) is 62.2 Å². The van der Waals surface area contributed by atoms with E-state index >= 15 is 0 Å². The lowest BCUT2D eigenvalue weighted by Crippen LogP contribution is -2.41. The quantitative estimate of drug-likeness (QED) is 0.150. The maximum atomic E-state index is 13.8. The predicted molar refractivity (Wildman–Crippen MR) is 186 cm³/mol. The van der Waals surface area contributed by atoms with Crippen LogP contribution in [-0.2, 0) is 15.9 Å². The average molecular weight is 669 g/mol. The molecule has 0 N–H and O–H groups in total. The molecule has 5 rings (SSSR count). The van der Waals surface area contributed by atoms with Crippen molar-refractivity contribution in [3.05, 3.63) is 94.8 Å². The summed E-state index contributed by atoms with van der Waals surface area (Å²) in [6.07, 6.45) is 12.4. The number of benzene rings is 2. The average Bonchev–Trinajstić information content (AvgIpc) is 3.51. The Balaban J connectivity index is 1.10. The fourth-order valence-corrected chi connectivity index (χ4v) is 7.59. The Morgan fingerprint density at radius 2 is 2.02 bits per heavy atom. The van der Waals surface area contributed by atoms with Crippen LogP contribution in [0.4, 0.5) is 4.39 Å². The minimum atomic E-state index is -0.219. The van der Waals surface area contributed by atoms with E-state index < -0.39 is 0 Å². The van der Waals surface area contributed by atoms with Crippen molar-refractivity contribution >= 4 is 38.8 Å². The van der Waals surface area contributed by atoms with Gasteiger partial charge < -0.3 is 14.2 Å². The minimum Gasteiger partial charge on any atom is -0.489 e. The lowest BCUT2D eigenvalue weighted by molar-refractivity contribution is -0.0342. The first-order chi connectivity index (χ1) is 21.8. The molecule has 9 heteroatoms. The monoisotopic (exact) mass is 668 g/mol. The van der Waals surface area contributed by atoms with Gasteiger partial charge in [-0.1, -0.05) is 48.5 Å². The zero-order chi connectivity index (χ0) is 31.8. The van der Waals surface area contributed by atoms with Crippen LogP contribution >= 0.6 is 33.5 Å². The summed E-state index contributed by atoms with van der Waals surface area (Å²) >= 11 is 11.1. The first-order valence-corrected chi connectivity index (χ1v) is 17.3. The third-order valence-electron chi connectivity index (χ3n) is 8.98. The van der Waals surface area contributed by atoms with Crippen LogP contribution in [0.15, 0.2) is 77.9 Å². The molecule has 3 aliphatic rings. The summed E-state index contributed by atoms with van der Waals surface area (Å²) < 4.78 is 32.4. The third kappa shape index (κ3) is 9.67. The Bertz CT molecular complexity index is 1410. The third-order valence-corrected chi connectivity index (χ3v) is 10.2. The van der Waals surface area contributed by atoms with Crippen molar-refractivity contribution < 1.29 is 18.6 Å². The lowest BCUT2D eigenvalue weighted by Gasteiger charge is -2.35. The number of allylic oxidation sites excluding steroid dienone is 5. The molecule has 2 aromatic rings. The molecule has 3 heterocycles. The Morgan fingerprint density at radius 3 is 2.76 bits per heavy atom. The maximum absolute atomic E-state index is 13.8. The molecule has 0 bridgehead atoms. The second-order valence-electron chi connectivity index (χ2n) is 12.2. The van der Waals surface area contributed by atoms with E-state index in [1.54, 1.807) is 18.2 Å². The van der Waals surface area contributed by atoms with Gasteiger partial charge in [-0.2, -0.15) is 5.26 Å². The van der Waals surface area contributed by atoms with Gasteiger partial charge >= 0.3 is 0 Å². The molecule has 45 heavy (non-hydrogen) atoms. The van der Waals surface area contributed by atoms with Gasteiger partial charge in [-0.25, -0.2) is 4.39 Å². The molecule has 5 nitrogen and oxygen atoms in total. The Morgan fingerprint density at radius 1 is 1.20 bits per heavy atom. The van der Waals surface area contributed by atoms with E-state index in [9.17, 15) is 9.65 Å². The standard InChI is InChI=1S/C36H43ClFN2O3PS/c1-2-4-33(37)26(5-3-6-30-18-25(21-39)19-36(45)43-30)17-24-7-11-29(12-8-24)42-31-15-16-40(22-31)28-10-13-34(41-23-28)32-20-27(38)9-14-35(32)44/h2,4-5,7-9,11-12,14,20,25,28,30-31,34,36,45H,1,3,6,10,13,15-19,22-23,44H2/b26-5-,33-4+/t25-,28+,30?,31-,34+,36-/m1/s1. The number of ether oxygens (including phenoxy) is 3. The SMILES string of the molecule is C=C/C=C(Cl)\C(=C/CCC1C[C@@H](C#N)C[C@@H](S)O1)Cc1ccc(O[C@@H]2CCN([C@H]3CC[C@@H](c4cc(F)ccc4P)OC3)C2)cc1. The van der Waals surface area contributed by atoms with Crippen LogP contribution in [0.5, 0.6) is 5.75 Å². The minimum absolute atomic E-state index is 0.00201. The van der Waals surface area contributed by atoms with Gasteiger partial charge in [0, 0.05) is 24.2 Å². The summed E-state index contributed by atoms with van der Waals surface area (Å²) in [6, 6.07) is 15.9. The summed E-state index contributed by atoms with van der Waals surface area (Å²) in [4.78, 5) is 2.47. The number of hydrogen-bond donors (Lipinski definition) is 1. The predicted octanol–water partition coefficient (Wildman–Crippen LogP) is 7.83. The van der Waals surface area contributed by atoms with Gasteiger partial charge in [0.2, 0.25) is 0 Å². The van der Waals surface area contributed by atoms with Gasteiger partial charge in [0.05, 0.1) is 30.8 Å². The largest absolute Gasteiger partial charge is 0.489 e. The van der Waals surface area contributed by atoms with Crippen LogP contribution < -0.4 is 10.0 Å². The molecule has 3 fully saturated rings. The number of halogens is 2. The van der Waals surface area contributed by atoms with Crippen LogP contribution in [-0.4, -0.2) is 48.3 Å². The van der Waals surface area contributed by atoms with E-state index in [0.717, 1.165) is 79.4 Å². The van der Waals surface area contributed by atoms with Crippen molar-refractivity contribution in [1.82, 2.24) is 4.90 Å². The highest BCUT2D eigenvalue weighted by Gasteiger charge is 2.33. The normalized spacial score (nSPS) is 28.1. The van der Waals surface area contributed by atoms with Gasteiger partial charge in [-0.05, 0) is 104 Å². The molecule has 0 amide bonds. The fraction of sp³-hybridized carbons (Fsp3) is 0.472. The van der Waals surface area contributed by atoms with Crippen LogP contribution in [0, 0.1) is 23.1 Å². The molecular weight excluding hydrogens is 626 g/mol. The fourth-order valence-electron chi connectivity index (χ4n) is 6.56. The van der Waals surface area contributed by atoms with Crippen molar-refractivity contribution in [1.29, 1.82) is 5.26 Å². The highest BCUT2D eigenvalue weighted by atomic mass is 35.5. The van der Waals surface area contributed by atoms with Gasteiger partial charge in [0.1, 0.15) is 23.1 Å². The molecular formula is C36H43ClFN2O3PS. The van der Waals surface area contributed by atoms with Gasteiger partial charge in [0.25, 0.3) is 0 Å². The number of rotatable bonds is 11. The second-order valence-corrected chi connectivity index (χ2v) is 13.8. The van der Waals surface area contributed by atoms with Crippen LogP contribution in [0.25, 0.3) is 0 Å². The molecule has 0 aromatic heterocycles. The summed E-state index contributed by atoms with van der Waals surface area (Å²) in [5, 5.41) is 11.0. The van der Waals surface area contributed by atoms with Crippen molar-refractivity contribution in [2.75, 3.05) is 19.7 Å². The molecule has 0 saturated carbocycles. The Labute approximate surface area is 280 Å². The summed E-state index contributed by atoms with van der Waals surface area (Å²) in [5.41, 5.74) is 2.93. The molecule has 0 aliphatic carbocycles. The van der Waals surface area contributed by atoms with Gasteiger partial charge in [-0.15, -0.1) is 21.9 Å². The highest BCUT2D eigenvalue weighted by Crippen LogP contribution is 2.33. The number of thiol groups is 1. The molecule has 7 atom stereocenters. The number of nitriles is 1. The number of nitrogens with zero attached hydrogens (tertiary/aromatic N) is 2. The Hall–Kier alpha value is -2.17. The summed E-state index contributed by atoms with van der Waals surface area (Å²) in [7, 11) is 2.69. The molecule has 3 saturated heterocycles. The van der Waals surface area contributed by atoms with E-state index in [-0.39, 0.29) is 35.5 Å². The van der Waals surface area contributed by atoms with Crippen molar-refractivity contribution in [2.45, 2.75) is 81.2 Å². The lowest BCUT2D eigenvalue weighted by atomic mass is 9.94. The highest BCUT2D eigenvalue weighted by molar-refractivity contribution is 7.80.